The number of aldehydes is 1. The lowest BCUT2D eigenvalue weighted by atomic mass is 10.2. The third kappa shape index (κ3) is 5.63. The van der Waals surface area contributed by atoms with Crippen molar-refractivity contribution in [3.8, 4) is 0 Å². The summed E-state index contributed by atoms with van der Waals surface area (Å²) in [4.78, 5) is 9.85. The fraction of sp³-hybridized carbons (Fsp3) is 0.833. The lowest BCUT2D eigenvalue weighted by Gasteiger charge is -1.90. The van der Waals surface area contributed by atoms with E-state index in [-0.39, 0.29) is 6.61 Å². The third-order valence-electron chi connectivity index (χ3n) is 0.875. The summed E-state index contributed by atoms with van der Waals surface area (Å²) >= 11 is 0. The molecule has 1 atom stereocenters. The average Bonchev–Trinajstić information content (AvgIpc) is 1.89. The molecule has 0 aromatic rings. The van der Waals surface area contributed by atoms with E-state index < -0.39 is 6.40 Å². The molecule has 0 saturated heterocycles. The molecule has 0 bridgehead atoms. The Morgan fingerprint density at radius 3 is 2.75 bits per heavy atom. The van der Waals surface area contributed by atoms with Crippen molar-refractivity contribution in [2.75, 3.05) is 6.61 Å². The molecule has 0 aliphatic rings. The lowest BCUT2D eigenvalue weighted by Crippen LogP contribution is -1.82. The molecular weight excluding hydrogens is 104 g/mol. The van der Waals surface area contributed by atoms with Crippen LogP contribution in [0.25, 0.3) is 0 Å². The van der Waals surface area contributed by atoms with Crippen LogP contribution in [0.1, 0.15) is 27.0 Å². The molecule has 0 aromatic carbocycles. The molecule has 0 aliphatic carbocycles. The van der Waals surface area contributed by atoms with E-state index in [4.69, 9.17) is 6.48 Å². The second-order valence-electron chi connectivity index (χ2n) is 1.59. The molecule has 2 nitrogen and oxygen atoms in total. The Morgan fingerprint density at radius 1 is 1.50 bits per heavy atom. The summed E-state index contributed by atoms with van der Waals surface area (Å²) in [7, 11) is 0. The summed E-state index contributed by atoms with van der Waals surface area (Å²) in [6, 6.07) is 0. The van der Waals surface area contributed by atoms with Crippen molar-refractivity contribution in [3.63, 3.8) is 0 Å². The number of aliphatic hydroxyl groups excluding tert-OH is 1. The van der Waals surface area contributed by atoms with Crippen LogP contribution >= 0.6 is 0 Å². The molecular formula is C6H12O2. The number of rotatable bonds is 5. The third-order valence-corrected chi connectivity index (χ3v) is 0.875. The first-order valence-electron chi connectivity index (χ1n) is 3.37. The molecule has 0 fully saturated rings. The summed E-state index contributed by atoms with van der Waals surface area (Å²) in [5.41, 5.74) is 0. The second-order valence-corrected chi connectivity index (χ2v) is 1.59. The maximum atomic E-state index is 9.85. The largest absolute Gasteiger partial charge is 0.396 e. The molecule has 2 heteroatoms. The van der Waals surface area contributed by atoms with Crippen molar-refractivity contribution in [3.05, 3.63) is 0 Å². The molecule has 0 aliphatic heterocycles. The zero-order valence-corrected chi connectivity index (χ0v) is 4.84. The summed E-state index contributed by atoms with van der Waals surface area (Å²) in [6.45, 7) is 0.158. The van der Waals surface area contributed by atoms with Crippen LogP contribution in [0.15, 0.2) is 0 Å². The fourth-order valence-corrected chi connectivity index (χ4v) is 0.442. The van der Waals surface area contributed by atoms with E-state index in [0.717, 1.165) is 6.42 Å². The van der Waals surface area contributed by atoms with Crippen molar-refractivity contribution in [2.45, 2.75) is 25.7 Å². The SMILES string of the molecule is [2H]C(C=O)CCCCO. The van der Waals surface area contributed by atoms with Gasteiger partial charge >= 0.3 is 0 Å². The fourth-order valence-electron chi connectivity index (χ4n) is 0.442. The van der Waals surface area contributed by atoms with E-state index in [9.17, 15) is 4.79 Å². The highest BCUT2D eigenvalue weighted by Crippen LogP contribution is 1.95. The molecule has 0 spiro atoms. The molecule has 1 N–H and O–H groups in total. The van der Waals surface area contributed by atoms with E-state index >= 15 is 0 Å². The highest BCUT2D eigenvalue weighted by Gasteiger charge is 1.84. The van der Waals surface area contributed by atoms with Crippen LogP contribution in [-0.2, 0) is 4.79 Å². The highest BCUT2D eigenvalue weighted by molar-refractivity contribution is 5.48. The van der Waals surface area contributed by atoms with Gasteiger partial charge in [0.1, 0.15) is 6.29 Å². The zero-order chi connectivity index (χ0) is 7.11. The smallest absolute Gasteiger partial charge is 0.119 e. The normalized spacial score (nSPS) is 14.9. The van der Waals surface area contributed by atoms with Crippen molar-refractivity contribution in [1.29, 1.82) is 0 Å². The Hall–Kier alpha value is -0.370. The molecule has 0 saturated carbocycles. The Labute approximate surface area is 50.9 Å². The number of aliphatic hydroxyl groups is 1. The van der Waals surface area contributed by atoms with Crippen LogP contribution in [0.3, 0.4) is 0 Å². The molecule has 0 rings (SSSR count). The van der Waals surface area contributed by atoms with Gasteiger partial charge in [-0.2, -0.15) is 0 Å². The first kappa shape index (κ1) is 5.76. The monoisotopic (exact) mass is 117 g/mol. The molecule has 0 amide bonds. The minimum absolute atomic E-state index is 0.158. The standard InChI is InChI=1S/C6H12O2/c7-5-3-1-2-4-6-8/h5,8H,1-4,6H2/i3D. The first-order valence-corrected chi connectivity index (χ1v) is 2.79. The van der Waals surface area contributed by atoms with Crippen LogP contribution in [0, 0.1) is 0 Å². The summed E-state index contributed by atoms with van der Waals surface area (Å²) in [5, 5.41) is 8.30. The minimum Gasteiger partial charge on any atom is -0.396 e. The first-order chi connectivity index (χ1) is 4.31. The van der Waals surface area contributed by atoms with Gasteiger partial charge in [0, 0.05) is 14.4 Å². The lowest BCUT2D eigenvalue weighted by molar-refractivity contribution is -0.107. The predicted molar refractivity (Wildman–Crippen MR) is 31.6 cm³/mol. The minimum atomic E-state index is -0.587. The van der Waals surface area contributed by atoms with Gasteiger partial charge in [-0.05, 0) is 12.8 Å². The molecule has 8 heavy (non-hydrogen) atoms. The Bertz CT molecular complexity index is 75.5. The maximum absolute atomic E-state index is 9.85. The summed E-state index contributed by atoms with van der Waals surface area (Å²) < 4.78 is 6.95. The Kier molecular flexibility index (Phi) is 4.77. The Balaban J connectivity index is 2.96. The van der Waals surface area contributed by atoms with E-state index in [1.54, 1.807) is 0 Å². The van der Waals surface area contributed by atoms with Crippen LogP contribution in [0.4, 0.5) is 0 Å². The number of hydrogen-bond donors (Lipinski definition) is 1. The molecule has 0 aromatic heterocycles. The topological polar surface area (TPSA) is 37.3 Å². The van der Waals surface area contributed by atoms with E-state index in [1.165, 1.54) is 0 Å². The van der Waals surface area contributed by atoms with Crippen LogP contribution < -0.4 is 0 Å². The second kappa shape index (κ2) is 6.63. The van der Waals surface area contributed by atoms with Crippen molar-refractivity contribution in [2.24, 2.45) is 0 Å². The summed E-state index contributed by atoms with van der Waals surface area (Å²) in [6.07, 6.45) is 2.07. The van der Waals surface area contributed by atoms with Gasteiger partial charge in [0.25, 0.3) is 0 Å². The van der Waals surface area contributed by atoms with E-state index in [0.29, 0.717) is 19.1 Å². The van der Waals surface area contributed by atoms with Gasteiger partial charge in [-0.1, -0.05) is 6.42 Å². The number of carbonyl (C=O) groups excluding carboxylic acids is 1. The van der Waals surface area contributed by atoms with Crippen LogP contribution in [0.5, 0.6) is 0 Å². The molecule has 0 radical (unpaired) electrons. The predicted octanol–water partition coefficient (Wildman–Crippen LogP) is 0.738. The molecule has 48 valence electrons. The van der Waals surface area contributed by atoms with E-state index in [1.807, 2.05) is 0 Å². The van der Waals surface area contributed by atoms with Gasteiger partial charge in [-0.15, -0.1) is 0 Å². The van der Waals surface area contributed by atoms with Gasteiger partial charge in [0.15, 0.2) is 0 Å². The van der Waals surface area contributed by atoms with Gasteiger partial charge in [-0.3, -0.25) is 0 Å². The van der Waals surface area contributed by atoms with E-state index in [2.05, 4.69) is 0 Å². The van der Waals surface area contributed by atoms with Gasteiger partial charge in [-0.25, -0.2) is 0 Å². The number of unbranched alkanes of at least 4 members (excludes halogenated alkanes) is 1. The van der Waals surface area contributed by atoms with Crippen molar-refractivity contribution >= 4 is 6.29 Å². The highest BCUT2D eigenvalue weighted by atomic mass is 16.2. The van der Waals surface area contributed by atoms with Gasteiger partial charge < -0.3 is 9.90 Å². The number of hydrogen-bond acceptors (Lipinski definition) is 2. The zero-order valence-electron chi connectivity index (χ0n) is 5.84. The maximum Gasteiger partial charge on any atom is 0.119 e. The van der Waals surface area contributed by atoms with Crippen LogP contribution in [0.2, 0.25) is 0 Å². The van der Waals surface area contributed by atoms with Crippen molar-refractivity contribution < 1.29 is 11.3 Å². The van der Waals surface area contributed by atoms with Gasteiger partial charge in [0.2, 0.25) is 0 Å². The van der Waals surface area contributed by atoms with Crippen LogP contribution in [-0.4, -0.2) is 18.0 Å². The Morgan fingerprint density at radius 2 is 2.25 bits per heavy atom. The molecule has 1 unspecified atom stereocenters. The van der Waals surface area contributed by atoms with Crippen molar-refractivity contribution in [1.82, 2.24) is 0 Å². The van der Waals surface area contributed by atoms with Gasteiger partial charge in [0.05, 0.1) is 0 Å². The average molecular weight is 117 g/mol. The molecule has 0 heterocycles. The number of carbonyl (C=O) groups is 1. The quantitative estimate of drug-likeness (QED) is 0.426. The summed E-state index contributed by atoms with van der Waals surface area (Å²) in [5.74, 6) is 0.